The number of aliphatic hydroxyl groups excluding tert-OH is 5. The van der Waals surface area contributed by atoms with Gasteiger partial charge in [0.05, 0.1) is 6.61 Å². The second-order valence-corrected chi connectivity index (χ2v) is 15.5. The van der Waals surface area contributed by atoms with Crippen LogP contribution in [0.1, 0.15) is 162 Å². The van der Waals surface area contributed by atoms with Gasteiger partial charge in [-0.2, -0.15) is 0 Å². The summed E-state index contributed by atoms with van der Waals surface area (Å²) < 4.78 is 33.3. The zero-order valence-corrected chi connectivity index (χ0v) is 32.8. The van der Waals surface area contributed by atoms with Gasteiger partial charge < -0.3 is 39.9 Å². The van der Waals surface area contributed by atoms with E-state index in [-0.39, 0.29) is 12.8 Å². The minimum Gasteiger partial charge on any atom is -0.462 e. The average molecular weight is 767 g/mol. The summed E-state index contributed by atoms with van der Waals surface area (Å²) in [6.45, 7) is 3.22. The fourth-order valence-corrected chi connectivity index (χ4v) is 7.00. The van der Waals surface area contributed by atoms with Gasteiger partial charge in [-0.1, -0.05) is 129 Å². The van der Waals surface area contributed by atoms with Gasteiger partial charge >= 0.3 is 19.8 Å². The van der Waals surface area contributed by atoms with E-state index in [0.29, 0.717) is 12.8 Å². The summed E-state index contributed by atoms with van der Waals surface area (Å²) in [6, 6.07) is 0. The van der Waals surface area contributed by atoms with E-state index in [2.05, 4.69) is 26.0 Å². The lowest BCUT2D eigenvalue weighted by atomic mass is 9.85. The number of esters is 2. The van der Waals surface area contributed by atoms with Crippen molar-refractivity contribution in [3.8, 4) is 0 Å². The number of hydrogen-bond acceptors (Lipinski definition) is 12. The predicted molar refractivity (Wildman–Crippen MR) is 198 cm³/mol. The number of phosphoric ester groups is 1. The van der Waals surface area contributed by atoms with Crippen molar-refractivity contribution < 1.29 is 63.1 Å². The number of aliphatic hydroxyl groups is 5. The Kier molecular flexibility index (Phi) is 27.9. The lowest BCUT2D eigenvalue weighted by Gasteiger charge is -2.41. The second-order valence-electron chi connectivity index (χ2n) is 14.1. The Morgan fingerprint density at radius 3 is 1.52 bits per heavy atom. The Morgan fingerprint density at radius 2 is 1.00 bits per heavy atom. The molecule has 0 amide bonds. The van der Waals surface area contributed by atoms with Crippen LogP contribution in [0.25, 0.3) is 0 Å². The van der Waals surface area contributed by atoms with Crippen LogP contribution in [0, 0.1) is 0 Å². The molecule has 6 N–H and O–H groups in total. The van der Waals surface area contributed by atoms with Crippen molar-refractivity contribution in [3.63, 3.8) is 0 Å². The van der Waals surface area contributed by atoms with Gasteiger partial charge in [0.15, 0.2) is 6.10 Å². The van der Waals surface area contributed by atoms with Gasteiger partial charge in [-0.05, 0) is 32.1 Å². The van der Waals surface area contributed by atoms with Crippen molar-refractivity contribution in [2.24, 2.45) is 0 Å². The van der Waals surface area contributed by atoms with Crippen molar-refractivity contribution >= 4 is 19.8 Å². The fraction of sp³-hybridized carbons (Fsp3) is 0.895. The second kappa shape index (κ2) is 29.9. The van der Waals surface area contributed by atoms with Gasteiger partial charge in [0.2, 0.25) is 0 Å². The zero-order chi connectivity index (χ0) is 38.6. The van der Waals surface area contributed by atoms with Gasteiger partial charge in [0.1, 0.15) is 43.2 Å². The van der Waals surface area contributed by atoms with E-state index >= 15 is 0 Å². The molecule has 1 saturated carbocycles. The molecule has 8 atom stereocenters. The van der Waals surface area contributed by atoms with E-state index in [1.807, 2.05) is 0 Å². The standard InChI is InChI=1S/C38H71O13P/c1-3-5-7-9-11-13-15-17-19-21-23-25-27-32(40)50-30(28-48-31(39)26-24-22-20-18-16-14-12-10-8-6-4-2)29-49-52(46,47)51-38-36(44)34(42)33(41)35(43)37(38)45/h10,12,30,33-38,41-45H,3-9,11,13-29H2,1-2H3,(H,46,47)/b12-10+/t30-,33?,34-,35?,36?,37?,38?/m1/s1. The molecule has 1 aliphatic carbocycles. The van der Waals surface area contributed by atoms with E-state index in [1.165, 1.54) is 57.8 Å². The number of carbonyl (C=O) groups is 2. The highest BCUT2D eigenvalue weighted by atomic mass is 31.2. The van der Waals surface area contributed by atoms with Crippen molar-refractivity contribution in [3.05, 3.63) is 12.2 Å². The maximum atomic E-state index is 12.7. The third kappa shape index (κ3) is 22.7. The van der Waals surface area contributed by atoms with E-state index in [0.717, 1.165) is 64.2 Å². The molecule has 0 aromatic heterocycles. The molecule has 1 aliphatic rings. The molecule has 0 aromatic rings. The van der Waals surface area contributed by atoms with E-state index in [1.54, 1.807) is 0 Å². The van der Waals surface area contributed by atoms with Gasteiger partial charge in [0.25, 0.3) is 0 Å². The molecule has 1 rings (SSSR count). The number of unbranched alkanes of at least 4 members (excludes halogenated alkanes) is 18. The Labute approximate surface area is 312 Å². The third-order valence-electron chi connectivity index (χ3n) is 9.36. The van der Waals surface area contributed by atoms with Crippen LogP contribution in [-0.2, 0) is 32.7 Å². The summed E-state index contributed by atoms with van der Waals surface area (Å²) in [5.41, 5.74) is 0. The molecule has 0 heterocycles. The Morgan fingerprint density at radius 1 is 0.577 bits per heavy atom. The molecule has 0 bridgehead atoms. The first-order chi connectivity index (χ1) is 24.9. The van der Waals surface area contributed by atoms with Crippen molar-refractivity contribution in [2.75, 3.05) is 13.2 Å². The minimum atomic E-state index is -5.10. The first kappa shape index (κ1) is 48.6. The Bertz CT molecular complexity index is 980. The molecule has 0 aromatic carbocycles. The van der Waals surface area contributed by atoms with Crippen LogP contribution in [-0.4, -0.2) is 98.3 Å². The van der Waals surface area contributed by atoms with Crippen LogP contribution in [0.4, 0.5) is 0 Å². The molecule has 0 saturated heterocycles. The molecule has 0 spiro atoms. The van der Waals surface area contributed by atoms with E-state index < -0.39 is 75.7 Å². The van der Waals surface area contributed by atoms with Gasteiger partial charge in [-0.25, -0.2) is 4.57 Å². The molecule has 13 nitrogen and oxygen atoms in total. The van der Waals surface area contributed by atoms with E-state index in [9.17, 15) is 44.6 Å². The summed E-state index contributed by atoms with van der Waals surface area (Å²) in [4.78, 5) is 35.4. The molecule has 0 aliphatic heterocycles. The highest BCUT2D eigenvalue weighted by Crippen LogP contribution is 2.47. The SMILES string of the molecule is CCCC/C=C/CCCCCCCC(=O)OC[C@H](COP(=O)(O)OC1C(O)C(O)C(O)[C@@H](O)C1O)OC(=O)CCCCCCCCCCCCCC. The van der Waals surface area contributed by atoms with Crippen LogP contribution < -0.4 is 0 Å². The molecular formula is C38H71O13P. The van der Waals surface area contributed by atoms with Crippen molar-refractivity contribution in [1.29, 1.82) is 0 Å². The molecule has 6 unspecified atom stereocenters. The van der Waals surface area contributed by atoms with Gasteiger partial charge in [-0.15, -0.1) is 0 Å². The van der Waals surface area contributed by atoms with Crippen LogP contribution >= 0.6 is 7.82 Å². The summed E-state index contributed by atoms with van der Waals surface area (Å²) in [5, 5.41) is 49.9. The number of allylic oxidation sites excluding steroid dienone is 2. The molecule has 52 heavy (non-hydrogen) atoms. The molecule has 1 fully saturated rings. The number of phosphoric acid groups is 1. The minimum absolute atomic E-state index is 0.0995. The lowest BCUT2D eigenvalue weighted by Crippen LogP contribution is -2.64. The largest absolute Gasteiger partial charge is 0.472 e. The molecule has 306 valence electrons. The van der Waals surface area contributed by atoms with Crippen molar-refractivity contribution in [2.45, 2.75) is 204 Å². The quantitative estimate of drug-likeness (QED) is 0.0192. The van der Waals surface area contributed by atoms with Gasteiger partial charge in [-0.3, -0.25) is 18.6 Å². The summed E-state index contributed by atoms with van der Waals surface area (Å²) in [6.07, 6.45) is 14.3. The lowest BCUT2D eigenvalue weighted by molar-refractivity contribution is -0.220. The predicted octanol–water partition coefficient (Wildman–Crippen LogP) is 6.33. The Hall–Kier alpha value is -1.41. The maximum absolute atomic E-state index is 12.7. The first-order valence-corrected chi connectivity index (χ1v) is 21.5. The third-order valence-corrected chi connectivity index (χ3v) is 10.3. The highest BCUT2D eigenvalue weighted by Gasteiger charge is 2.51. The summed E-state index contributed by atoms with van der Waals surface area (Å²) >= 11 is 0. The number of hydrogen-bond donors (Lipinski definition) is 6. The number of ether oxygens (including phenoxy) is 2. The zero-order valence-electron chi connectivity index (χ0n) is 31.9. The molecule has 0 radical (unpaired) electrons. The average Bonchev–Trinajstić information content (AvgIpc) is 3.12. The van der Waals surface area contributed by atoms with Crippen LogP contribution in [0.5, 0.6) is 0 Å². The topological polar surface area (TPSA) is 210 Å². The van der Waals surface area contributed by atoms with Gasteiger partial charge in [0, 0.05) is 12.8 Å². The smallest absolute Gasteiger partial charge is 0.462 e. The normalized spacial score (nSPS) is 23.8. The molecular weight excluding hydrogens is 695 g/mol. The van der Waals surface area contributed by atoms with E-state index in [4.69, 9.17) is 18.5 Å². The van der Waals surface area contributed by atoms with Crippen molar-refractivity contribution in [1.82, 2.24) is 0 Å². The summed E-state index contributed by atoms with van der Waals surface area (Å²) in [7, 11) is -5.10. The number of carbonyl (C=O) groups excluding carboxylic acids is 2. The molecule has 14 heteroatoms. The maximum Gasteiger partial charge on any atom is 0.472 e. The Balaban J connectivity index is 2.54. The van der Waals surface area contributed by atoms with Crippen LogP contribution in [0.3, 0.4) is 0 Å². The highest BCUT2D eigenvalue weighted by molar-refractivity contribution is 7.47. The van der Waals surface area contributed by atoms with Crippen LogP contribution in [0.2, 0.25) is 0 Å². The van der Waals surface area contributed by atoms with Crippen LogP contribution in [0.15, 0.2) is 12.2 Å². The fourth-order valence-electron chi connectivity index (χ4n) is 6.03. The number of rotatable bonds is 32. The monoisotopic (exact) mass is 766 g/mol. The first-order valence-electron chi connectivity index (χ1n) is 20.0. The summed E-state index contributed by atoms with van der Waals surface area (Å²) in [5.74, 6) is -1.11.